The molecule has 1 heterocycles. The molecule has 0 saturated heterocycles. The molecule has 0 fully saturated rings. The number of hydrogen-bond donors (Lipinski definition) is 2. The standard InChI is InChI=1S/C17H10ClFN2O4/c18-12-6-5-11(7-13(12)19)9-1-3-10(4-2-9)16(23)14-8-15(22)21(25)17(24)20-14/h1-8,25H,(H,20,24). The number of H-pyrrole nitrogens is 1. The first-order valence-corrected chi connectivity index (χ1v) is 7.40. The van der Waals surface area contributed by atoms with Gasteiger partial charge in [0.15, 0.2) is 0 Å². The van der Waals surface area contributed by atoms with E-state index in [0.717, 1.165) is 6.07 Å². The molecule has 3 rings (SSSR count). The highest BCUT2D eigenvalue weighted by atomic mass is 35.5. The molecule has 25 heavy (non-hydrogen) atoms. The first-order chi connectivity index (χ1) is 11.9. The second-order valence-electron chi connectivity index (χ2n) is 5.17. The van der Waals surface area contributed by atoms with Crippen LogP contribution in [0.25, 0.3) is 11.1 Å². The van der Waals surface area contributed by atoms with Crippen molar-refractivity contribution >= 4 is 17.4 Å². The Kier molecular flexibility index (Phi) is 4.24. The number of carbonyl (C=O) groups excluding carboxylic acids is 1. The van der Waals surface area contributed by atoms with Gasteiger partial charge in [0.1, 0.15) is 5.82 Å². The van der Waals surface area contributed by atoms with Crippen LogP contribution in [0.15, 0.2) is 58.1 Å². The lowest BCUT2D eigenvalue weighted by Crippen LogP contribution is -2.34. The van der Waals surface area contributed by atoms with E-state index >= 15 is 0 Å². The second-order valence-corrected chi connectivity index (χ2v) is 5.58. The van der Waals surface area contributed by atoms with Gasteiger partial charge in [-0.15, -0.1) is 0 Å². The molecule has 8 heteroatoms. The lowest BCUT2D eigenvalue weighted by molar-refractivity contribution is 0.103. The minimum absolute atomic E-state index is 0.0121. The number of carbonyl (C=O) groups is 1. The van der Waals surface area contributed by atoms with Crippen molar-refractivity contribution in [2.45, 2.75) is 0 Å². The summed E-state index contributed by atoms with van der Waals surface area (Å²) in [7, 11) is 0. The van der Waals surface area contributed by atoms with Crippen molar-refractivity contribution in [2.24, 2.45) is 0 Å². The molecule has 6 nitrogen and oxygen atoms in total. The summed E-state index contributed by atoms with van der Waals surface area (Å²) in [5, 5.41) is 9.11. The zero-order valence-electron chi connectivity index (χ0n) is 12.5. The molecule has 0 aliphatic rings. The third-order valence-corrected chi connectivity index (χ3v) is 3.86. The zero-order chi connectivity index (χ0) is 18.1. The Morgan fingerprint density at radius 3 is 2.28 bits per heavy atom. The van der Waals surface area contributed by atoms with Gasteiger partial charge in [-0.2, -0.15) is 0 Å². The number of rotatable bonds is 3. The van der Waals surface area contributed by atoms with E-state index in [4.69, 9.17) is 16.8 Å². The van der Waals surface area contributed by atoms with E-state index in [1.165, 1.54) is 24.3 Å². The summed E-state index contributed by atoms with van der Waals surface area (Å²) in [5.41, 5.74) is -0.914. The van der Waals surface area contributed by atoms with E-state index in [2.05, 4.69) is 4.98 Å². The van der Waals surface area contributed by atoms with Crippen LogP contribution in [0.1, 0.15) is 16.1 Å². The first kappa shape index (κ1) is 16.7. The van der Waals surface area contributed by atoms with E-state index < -0.39 is 22.8 Å². The van der Waals surface area contributed by atoms with Crippen LogP contribution in [-0.2, 0) is 0 Å². The van der Waals surface area contributed by atoms with Gasteiger partial charge in [0, 0.05) is 11.6 Å². The summed E-state index contributed by atoms with van der Waals surface area (Å²) in [6, 6.07) is 11.3. The highest BCUT2D eigenvalue weighted by Crippen LogP contribution is 2.24. The van der Waals surface area contributed by atoms with E-state index in [-0.39, 0.29) is 21.0 Å². The predicted molar refractivity (Wildman–Crippen MR) is 88.8 cm³/mol. The summed E-state index contributed by atoms with van der Waals surface area (Å²) in [6.07, 6.45) is 0. The van der Waals surface area contributed by atoms with Crippen molar-refractivity contribution in [3.05, 3.63) is 91.5 Å². The maximum absolute atomic E-state index is 13.5. The number of nitrogens with zero attached hydrogens (tertiary/aromatic N) is 1. The number of nitrogens with one attached hydrogen (secondary N) is 1. The van der Waals surface area contributed by atoms with Gasteiger partial charge in [-0.25, -0.2) is 9.18 Å². The average Bonchev–Trinajstić information content (AvgIpc) is 2.61. The smallest absolute Gasteiger partial charge is 0.362 e. The third kappa shape index (κ3) is 3.22. The molecular formula is C17H10ClFN2O4. The number of benzene rings is 2. The summed E-state index contributed by atoms with van der Waals surface area (Å²) in [4.78, 5) is 37.2. The van der Waals surface area contributed by atoms with Crippen LogP contribution in [-0.4, -0.2) is 20.7 Å². The normalized spacial score (nSPS) is 10.6. The van der Waals surface area contributed by atoms with Crippen molar-refractivity contribution in [3.8, 4) is 11.1 Å². The lowest BCUT2D eigenvalue weighted by Gasteiger charge is -2.05. The average molecular weight is 361 g/mol. The molecule has 0 radical (unpaired) electrons. The van der Waals surface area contributed by atoms with Gasteiger partial charge in [0.2, 0.25) is 5.78 Å². The van der Waals surface area contributed by atoms with Gasteiger partial charge >= 0.3 is 5.69 Å². The number of halogens is 2. The third-order valence-electron chi connectivity index (χ3n) is 3.56. The monoisotopic (exact) mass is 360 g/mol. The molecule has 2 N–H and O–H groups in total. The fraction of sp³-hybridized carbons (Fsp3) is 0. The van der Waals surface area contributed by atoms with Gasteiger partial charge in [-0.05, 0) is 23.3 Å². The van der Waals surface area contributed by atoms with E-state index in [0.29, 0.717) is 11.1 Å². The minimum atomic E-state index is -1.11. The molecule has 2 aromatic carbocycles. The molecule has 0 aliphatic heterocycles. The van der Waals surface area contributed by atoms with Crippen molar-refractivity contribution in [3.63, 3.8) is 0 Å². The number of aromatic amines is 1. The topological polar surface area (TPSA) is 92.2 Å². The zero-order valence-corrected chi connectivity index (χ0v) is 13.2. The Hall–Kier alpha value is -3.19. The molecule has 0 amide bonds. The van der Waals surface area contributed by atoms with Crippen LogP contribution in [0.2, 0.25) is 5.02 Å². The molecule has 1 aromatic heterocycles. The molecule has 0 spiro atoms. The molecule has 0 saturated carbocycles. The van der Waals surface area contributed by atoms with Gasteiger partial charge in [0.25, 0.3) is 5.56 Å². The Labute approximate surface area is 144 Å². The van der Waals surface area contributed by atoms with Crippen LogP contribution in [0.3, 0.4) is 0 Å². The fourth-order valence-electron chi connectivity index (χ4n) is 2.26. The van der Waals surface area contributed by atoms with E-state index in [1.807, 2.05) is 0 Å². The van der Waals surface area contributed by atoms with Crippen molar-refractivity contribution in [1.82, 2.24) is 9.71 Å². The summed E-state index contributed by atoms with van der Waals surface area (Å²) < 4.78 is 13.4. The molecule has 0 unspecified atom stereocenters. The minimum Gasteiger partial charge on any atom is -0.421 e. The molecule has 126 valence electrons. The Balaban J connectivity index is 1.94. The van der Waals surface area contributed by atoms with Crippen LogP contribution < -0.4 is 11.2 Å². The summed E-state index contributed by atoms with van der Waals surface area (Å²) in [6.45, 7) is 0. The van der Waals surface area contributed by atoms with Crippen molar-refractivity contribution in [1.29, 1.82) is 0 Å². The highest BCUT2D eigenvalue weighted by Gasteiger charge is 2.13. The molecule has 0 bridgehead atoms. The van der Waals surface area contributed by atoms with Gasteiger partial charge in [0.05, 0.1) is 10.7 Å². The number of aromatic nitrogens is 2. The van der Waals surface area contributed by atoms with Crippen LogP contribution >= 0.6 is 11.6 Å². The maximum atomic E-state index is 13.5. The lowest BCUT2D eigenvalue weighted by atomic mass is 10.0. The van der Waals surface area contributed by atoms with Crippen LogP contribution in [0.5, 0.6) is 0 Å². The summed E-state index contributed by atoms with van der Waals surface area (Å²) >= 11 is 5.65. The SMILES string of the molecule is O=C(c1ccc(-c2ccc(Cl)c(F)c2)cc1)c1cc(=O)n(O)c(=O)[nH]1. The predicted octanol–water partition coefficient (Wildman–Crippen LogP) is 2.46. The number of ketones is 1. The Morgan fingerprint density at radius 2 is 1.68 bits per heavy atom. The van der Waals surface area contributed by atoms with Crippen LogP contribution in [0.4, 0.5) is 4.39 Å². The van der Waals surface area contributed by atoms with Gasteiger partial charge in [-0.1, -0.05) is 46.7 Å². The summed E-state index contributed by atoms with van der Waals surface area (Å²) in [5.74, 6) is -1.15. The Bertz CT molecular complexity index is 1060. The van der Waals surface area contributed by atoms with Crippen molar-refractivity contribution in [2.75, 3.05) is 0 Å². The maximum Gasteiger partial charge on any atom is 0.362 e. The van der Waals surface area contributed by atoms with Crippen molar-refractivity contribution < 1.29 is 14.4 Å². The Morgan fingerprint density at radius 1 is 1.04 bits per heavy atom. The largest absolute Gasteiger partial charge is 0.421 e. The first-order valence-electron chi connectivity index (χ1n) is 7.02. The number of hydrogen-bond acceptors (Lipinski definition) is 4. The fourth-order valence-corrected chi connectivity index (χ4v) is 2.37. The van der Waals surface area contributed by atoms with Crippen LogP contribution in [0, 0.1) is 5.82 Å². The molecule has 0 aliphatic carbocycles. The van der Waals surface area contributed by atoms with Gasteiger partial charge in [-0.3, -0.25) is 9.59 Å². The van der Waals surface area contributed by atoms with E-state index in [1.54, 1.807) is 18.2 Å². The molecular weight excluding hydrogens is 351 g/mol. The molecule has 0 atom stereocenters. The second kappa shape index (κ2) is 6.37. The highest BCUT2D eigenvalue weighted by molar-refractivity contribution is 6.30. The van der Waals surface area contributed by atoms with Gasteiger partial charge < -0.3 is 10.2 Å². The molecule has 3 aromatic rings. The quantitative estimate of drug-likeness (QED) is 0.554. The van der Waals surface area contributed by atoms with E-state index in [9.17, 15) is 18.8 Å².